The minimum atomic E-state index is -3.71. The normalized spacial score (nSPS) is 11.3. The van der Waals surface area contributed by atoms with Crippen LogP contribution in [0, 0.1) is 10.1 Å². The van der Waals surface area contributed by atoms with Crippen LogP contribution in [0.2, 0.25) is 0 Å². The molecule has 3 aromatic rings. The molecular weight excluding hydrogens is 526 g/mol. The van der Waals surface area contributed by atoms with E-state index in [0.29, 0.717) is 31.0 Å². The van der Waals surface area contributed by atoms with Gasteiger partial charge in [-0.05, 0) is 60.5 Å². The van der Waals surface area contributed by atoms with Crippen LogP contribution in [0.15, 0.2) is 70.0 Å². The van der Waals surface area contributed by atoms with E-state index in [4.69, 9.17) is 14.6 Å². The first kappa shape index (κ1) is 25.6. The number of nitro groups is 1. The molecule has 34 heavy (non-hydrogen) atoms. The number of nitrogens with one attached hydrogen (secondary N) is 1. The average Bonchev–Trinajstić information content (AvgIpc) is 2.81. The summed E-state index contributed by atoms with van der Waals surface area (Å²) in [6, 6.07) is 16.3. The molecule has 0 bridgehead atoms. The van der Waals surface area contributed by atoms with Crippen molar-refractivity contribution in [1.82, 2.24) is 5.32 Å². The minimum Gasteiger partial charge on any atom is -0.493 e. The third-order valence-corrected chi connectivity index (χ3v) is 6.73. The van der Waals surface area contributed by atoms with Gasteiger partial charge in [0, 0.05) is 28.7 Å². The number of non-ortho nitro benzene ring substituents is 1. The Kier molecular flexibility index (Phi) is 8.61. The highest BCUT2D eigenvalue weighted by Crippen LogP contribution is 2.37. The van der Waals surface area contributed by atoms with Crippen molar-refractivity contribution >= 4 is 31.6 Å². The van der Waals surface area contributed by atoms with Gasteiger partial charge in [-0.3, -0.25) is 10.1 Å². The molecule has 0 aliphatic rings. The van der Waals surface area contributed by atoms with E-state index in [1.165, 1.54) is 24.3 Å². The van der Waals surface area contributed by atoms with Crippen molar-refractivity contribution in [2.45, 2.75) is 24.5 Å². The van der Waals surface area contributed by atoms with Crippen LogP contribution in [0.4, 0.5) is 5.69 Å². The van der Waals surface area contributed by atoms with Crippen molar-refractivity contribution in [2.75, 3.05) is 13.7 Å². The molecule has 3 rings (SSSR count). The molecule has 3 N–H and O–H groups in total. The van der Waals surface area contributed by atoms with Crippen LogP contribution in [0.5, 0.6) is 11.5 Å². The van der Waals surface area contributed by atoms with Gasteiger partial charge < -0.3 is 14.8 Å². The summed E-state index contributed by atoms with van der Waals surface area (Å²) in [6.45, 7) is 1.34. The number of hydrogen-bond acceptors (Lipinski definition) is 7. The Morgan fingerprint density at radius 1 is 1.03 bits per heavy atom. The van der Waals surface area contributed by atoms with Gasteiger partial charge in [-0.2, -0.15) is 0 Å². The molecule has 0 spiro atoms. The monoisotopic (exact) mass is 549 g/mol. The maximum atomic E-state index is 11.4. The van der Waals surface area contributed by atoms with Crippen molar-refractivity contribution in [2.24, 2.45) is 5.14 Å². The number of hydrogen-bond donors (Lipinski definition) is 2. The molecule has 0 heterocycles. The number of rotatable bonds is 11. The van der Waals surface area contributed by atoms with E-state index in [0.717, 1.165) is 21.2 Å². The van der Waals surface area contributed by atoms with Gasteiger partial charge in [-0.25, -0.2) is 13.6 Å². The number of primary sulfonamides is 1. The first-order valence-corrected chi connectivity index (χ1v) is 12.6. The van der Waals surface area contributed by atoms with E-state index in [1.54, 1.807) is 37.4 Å². The Hall–Kier alpha value is -2.99. The van der Waals surface area contributed by atoms with Crippen LogP contribution in [-0.2, 0) is 29.6 Å². The lowest BCUT2D eigenvalue weighted by Crippen LogP contribution is -2.18. The Bertz CT molecular complexity index is 1250. The van der Waals surface area contributed by atoms with Gasteiger partial charge in [0.25, 0.3) is 5.69 Å². The van der Waals surface area contributed by atoms with Crippen molar-refractivity contribution in [1.29, 1.82) is 0 Å². The average molecular weight is 550 g/mol. The highest BCUT2D eigenvalue weighted by molar-refractivity contribution is 9.10. The fraction of sp³-hybridized carbons (Fsp3) is 0.217. The fourth-order valence-electron chi connectivity index (χ4n) is 3.23. The van der Waals surface area contributed by atoms with E-state index >= 15 is 0 Å². The van der Waals surface area contributed by atoms with E-state index < -0.39 is 14.9 Å². The van der Waals surface area contributed by atoms with Gasteiger partial charge >= 0.3 is 0 Å². The second-order valence-corrected chi connectivity index (χ2v) is 9.80. The number of sulfonamides is 1. The molecule has 11 heteroatoms. The molecule has 0 aromatic heterocycles. The summed E-state index contributed by atoms with van der Waals surface area (Å²) in [5.74, 6) is 1.14. The fourth-order valence-corrected chi connectivity index (χ4v) is 4.20. The molecule has 0 saturated carbocycles. The Balaban J connectivity index is 1.65. The van der Waals surface area contributed by atoms with Crippen LogP contribution < -0.4 is 19.9 Å². The predicted molar refractivity (Wildman–Crippen MR) is 131 cm³/mol. The zero-order valence-electron chi connectivity index (χ0n) is 18.4. The molecule has 0 radical (unpaired) electrons. The first-order valence-electron chi connectivity index (χ1n) is 10.2. The molecular formula is C23H24BrN3O6S. The summed E-state index contributed by atoms with van der Waals surface area (Å²) < 4.78 is 35.1. The zero-order chi connectivity index (χ0) is 24.7. The summed E-state index contributed by atoms with van der Waals surface area (Å²) in [6.07, 6.45) is 0.686. The molecule has 9 nitrogen and oxygen atoms in total. The third-order valence-electron chi connectivity index (χ3n) is 5.06. The predicted octanol–water partition coefficient (Wildman–Crippen LogP) is 3.92. The Morgan fingerprint density at radius 2 is 1.68 bits per heavy atom. The van der Waals surface area contributed by atoms with Crippen molar-refractivity contribution in [3.05, 3.63) is 91.9 Å². The molecule has 0 saturated heterocycles. The third kappa shape index (κ3) is 6.76. The van der Waals surface area contributed by atoms with Crippen LogP contribution in [0.25, 0.3) is 0 Å². The standard InChI is InChI=1S/C23H24BrN3O6S/c1-32-22-11-10-21(24)20(23(22)33-15-17-2-6-18(7-3-17)27(28)29)14-26-13-12-16-4-8-19(9-5-16)34(25,30)31/h2-11,26H,12-15H2,1H3,(H2,25,30,31). The minimum absolute atomic E-state index is 0.0213. The lowest BCUT2D eigenvalue weighted by Gasteiger charge is -2.17. The van der Waals surface area contributed by atoms with Gasteiger partial charge in [0.05, 0.1) is 16.9 Å². The van der Waals surface area contributed by atoms with E-state index in [1.807, 2.05) is 6.07 Å². The number of ether oxygens (including phenoxy) is 2. The van der Waals surface area contributed by atoms with Crippen LogP contribution in [0.1, 0.15) is 16.7 Å². The number of nitrogens with two attached hydrogens (primary N) is 1. The summed E-state index contributed by atoms with van der Waals surface area (Å²) in [5.41, 5.74) is 2.65. The maximum absolute atomic E-state index is 11.4. The number of nitrogens with zero attached hydrogens (tertiary/aromatic N) is 1. The first-order chi connectivity index (χ1) is 16.2. The van der Waals surface area contributed by atoms with Gasteiger partial charge in [-0.15, -0.1) is 0 Å². The largest absolute Gasteiger partial charge is 0.493 e. The van der Waals surface area contributed by atoms with Gasteiger partial charge in [0.15, 0.2) is 11.5 Å². The number of methoxy groups -OCH3 is 1. The summed E-state index contributed by atoms with van der Waals surface area (Å²) in [4.78, 5) is 10.5. The number of benzene rings is 3. The molecule has 0 atom stereocenters. The molecule has 180 valence electrons. The number of nitro benzene ring substituents is 1. The zero-order valence-corrected chi connectivity index (χ0v) is 20.8. The van der Waals surface area contributed by atoms with E-state index in [2.05, 4.69) is 21.2 Å². The molecule has 0 fully saturated rings. The Labute approximate surface area is 206 Å². The van der Waals surface area contributed by atoms with Crippen molar-refractivity contribution < 1.29 is 22.8 Å². The highest BCUT2D eigenvalue weighted by atomic mass is 79.9. The topological polar surface area (TPSA) is 134 Å². The van der Waals surface area contributed by atoms with Crippen molar-refractivity contribution in [3.63, 3.8) is 0 Å². The summed E-state index contributed by atoms with van der Waals surface area (Å²) in [5, 5.41) is 19.3. The second kappa shape index (κ2) is 11.4. The lowest BCUT2D eigenvalue weighted by molar-refractivity contribution is -0.384. The number of halogens is 1. The molecule has 0 aliphatic carbocycles. The molecule has 0 unspecified atom stereocenters. The molecule has 3 aromatic carbocycles. The smallest absolute Gasteiger partial charge is 0.269 e. The quantitative estimate of drug-likeness (QED) is 0.210. The molecule has 0 aliphatic heterocycles. The van der Waals surface area contributed by atoms with Gasteiger partial charge in [0.2, 0.25) is 10.0 Å². The van der Waals surface area contributed by atoms with Crippen molar-refractivity contribution in [3.8, 4) is 11.5 Å². The SMILES string of the molecule is COc1ccc(Br)c(CNCCc2ccc(S(N)(=O)=O)cc2)c1OCc1ccc([N+](=O)[O-])cc1. The second-order valence-electron chi connectivity index (χ2n) is 7.39. The van der Waals surface area contributed by atoms with Crippen LogP contribution in [-0.4, -0.2) is 27.0 Å². The van der Waals surface area contributed by atoms with E-state index in [-0.39, 0.29) is 17.2 Å². The van der Waals surface area contributed by atoms with Crippen LogP contribution in [0.3, 0.4) is 0 Å². The summed E-state index contributed by atoms with van der Waals surface area (Å²) in [7, 11) is -2.15. The van der Waals surface area contributed by atoms with Gasteiger partial charge in [0.1, 0.15) is 6.61 Å². The maximum Gasteiger partial charge on any atom is 0.269 e. The Morgan fingerprint density at radius 3 is 2.26 bits per heavy atom. The lowest BCUT2D eigenvalue weighted by atomic mass is 10.1. The summed E-state index contributed by atoms with van der Waals surface area (Å²) >= 11 is 3.57. The van der Waals surface area contributed by atoms with E-state index in [9.17, 15) is 18.5 Å². The van der Waals surface area contributed by atoms with Gasteiger partial charge in [-0.1, -0.05) is 28.1 Å². The highest BCUT2D eigenvalue weighted by Gasteiger charge is 2.15. The van der Waals surface area contributed by atoms with Crippen LogP contribution >= 0.6 is 15.9 Å². The molecule has 0 amide bonds.